The number of thioether (sulfide) groups is 1. The fourth-order valence-electron chi connectivity index (χ4n) is 2.45. The van der Waals surface area contributed by atoms with E-state index in [1.807, 2.05) is 4.90 Å². The smallest absolute Gasteiger partial charge is 0.233 e. The van der Waals surface area contributed by atoms with Crippen molar-refractivity contribution in [2.24, 2.45) is 0 Å². The van der Waals surface area contributed by atoms with Gasteiger partial charge in [0.1, 0.15) is 0 Å². The van der Waals surface area contributed by atoms with Crippen LogP contribution in [-0.4, -0.2) is 55.6 Å². The third-order valence-corrected chi connectivity index (χ3v) is 4.65. The van der Waals surface area contributed by atoms with E-state index in [0.717, 1.165) is 31.6 Å². The molecule has 0 unspecified atom stereocenters. The van der Waals surface area contributed by atoms with Crippen LogP contribution in [0.15, 0.2) is 29.4 Å². The monoisotopic (exact) mass is 331 g/mol. The number of hydrogen-bond donors (Lipinski definition) is 0. The van der Waals surface area contributed by atoms with Gasteiger partial charge in [0.25, 0.3) is 0 Å². The van der Waals surface area contributed by atoms with Crippen LogP contribution in [0.1, 0.15) is 30.1 Å². The van der Waals surface area contributed by atoms with Crippen LogP contribution in [0.3, 0.4) is 0 Å². The number of benzene rings is 1. The standard InChI is InChI=1S/C15H17N5O2S/c1-11(21)12-4-6-13(7-5-12)20-15(16-17-18-20)23-10-14(22)19-8-2-3-9-19/h4-7H,2-3,8-10H2,1H3. The molecular weight excluding hydrogens is 314 g/mol. The molecule has 120 valence electrons. The molecule has 1 saturated heterocycles. The summed E-state index contributed by atoms with van der Waals surface area (Å²) >= 11 is 1.32. The molecule has 2 aromatic rings. The lowest BCUT2D eigenvalue weighted by Gasteiger charge is -2.14. The van der Waals surface area contributed by atoms with Crippen LogP contribution in [-0.2, 0) is 4.79 Å². The molecule has 1 amide bonds. The average molecular weight is 331 g/mol. The van der Waals surface area contributed by atoms with Crippen molar-refractivity contribution in [1.29, 1.82) is 0 Å². The van der Waals surface area contributed by atoms with Crippen LogP contribution >= 0.6 is 11.8 Å². The summed E-state index contributed by atoms with van der Waals surface area (Å²) in [7, 11) is 0. The van der Waals surface area contributed by atoms with Crippen LogP contribution in [0.25, 0.3) is 5.69 Å². The minimum atomic E-state index is 0.0130. The maximum atomic E-state index is 12.1. The van der Waals surface area contributed by atoms with E-state index in [1.165, 1.54) is 18.7 Å². The van der Waals surface area contributed by atoms with E-state index >= 15 is 0 Å². The summed E-state index contributed by atoms with van der Waals surface area (Å²) in [4.78, 5) is 25.3. The van der Waals surface area contributed by atoms with Crippen molar-refractivity contribution in [2.45, 2.75) is 24.9 Å². The molecule has 23 heavy (non-hydrogen) atoms. The van der Waals surface area contributed by atoms with Gasteiger partial charge in [-0.15, -0.1) is 5.10 Å². The van der Waals surface area contributed by atoms with Crippen molar-refractivity contribution < 1.29 is 9.59 Å². The number of carbonyl (C=O) groups excluding carboxylic acids is 2. The Hall–Kier alpha value is -2.22. The van der Waals surface area contributed by atoms with Gasteiger partial charge in [-0.05, 0) is 54.5 Å². The molecule has 1 aromatic carbocycles. The summed E-state index contributed by atoms with van der Waals surface area (Å²) in [5, 5.41) is 12.2. The summed E-state index contributed by atoms with van der Waals surface area (Å²) in [5.41, 5.74) is 1.40. The zero-order chi connectivity index (χ0) is 16.2. The largest absolute Gasteiger partial charge is 0.342 e. The highest BCUT2D eigenvalue weighted by Crippen LogP contribution is 2.20. The first-order valence-electron chi connectivity index (χ1n) is 7.45. The fraction of sp³-hybridized carbons (Fsp3) is 0.400. The Morgan fingerprint density at radius 1 is 1.17 bits per heavy atom. The van der Waals surface area contributed by atoms with Gasteiger partial charge < -0.3 is 4.90 Å². The third kappa shape index (κ3) is 3.58. The van der Waals surface area contributed by atoms with Gasteiger partial charge in [0.15, 0.2) is 5.78 Å². The van der Waals surface area contributed by atoms with Gasteiger partial charge in [0.2, 0.25) is 11.1 Å². The minimum Gasteiger partial charge on any atom is -0.342 e. The van der Waals surface area contributed by atoms with E-state index in [2.05, 4.69) is 15.5 Å². The Morgan fingerprint density at radius 2 is 1.87 bits per heavy atom. The predicted molar refractivity (Wildman–Crippen MR) is 85.7 cm³/mol. The molecule has 7 nitrogen and oxygen atoms in total. The average Bonchev–Trinajstić information content (AvgIpc) is 3.24. The van der Waals surface area contributed by atoms with Gasteiger partial charge in [-0.3, -0.25) is 9.59 Å². The number of nitrogens with zero attached hydrogens (tertiary/aromatic N) is 5. The second kappa shape index (κ2) is 6.91. The Kier molecular flexibility index (Phi) is 4.71. The Balaban J connectivity index is 1.69. The van der Waals surface area contributed by atoms with Crippen molar-refractivity contribution in [3.05, 3.63) is 29.8 Å². The number of Topliss-reactive ketones (excluding diaryl/α,β-unsaturated/α-hetero) is 1. The van der Waals surface area contributed by atoms with E-state index in [4.69, 9.17) is 0 Å². The van der Waals surface area contributed by atoms with Gasteiger partial charge in [0.05, 0.1) is 11.4 Å². The Labute approximate surface area is 138 Å². The van der Waals surface area contributed by atoms with Crippen LogP contribution < -0.4 is 0 Å². The van der Waals surface area contributed by atoms with Crippen molar-refractivity contribution in [1.82, 2.24) is 25.1 Å². The molecule has 0 atom stereocenters. The van der Waals surface area contributed by atoms with Gasteiger partial charge >= 0.3 is 0 Å². The molecule has 8 heteroatoms. The molecule has 1 aliphatic rings. The SMILES string of the molecule is CC(=O)c1ccc(-n2nnnc2SCC(=O)N2CCCC2)cc1. The van der Waals surface area contributed by atoms with E-state index in [-0.39, 0.29) is 11.7 Å². The topological polar surface area (TPSA) is 81.0 Å². The molecule has 1 fully saturated rings. The highest BCUT2D eigenvalue weighted by Gasteiger charge is 2.19. The summed E-state index contributed by atoms with van der Waals surface area (Å²) < 4.78 is 1.58. The molecule has 1 aliphatic heterocycles. The number of hydrogen-bond acceptors (Lipinski definition) is 6. The lowest BCUT2D eigenvalue weighted by atomic mass is 10.1. The number of amides is 1. The number of likely N-dealkylation sites (tertiary alicyclic amines) is 1. The van der Waals surface area contributed by atoms with Gasteiger partial charge in [-0.1, -0.05) is 11.8 Å². The zero-order valence-electron chi connectivity index (χ0n) is 12.8. The normalized spacial score (nSPS) is 14.2. The summed E-state index contributed by atoms with van der Waals surface area (Å²) in [6, 6.07) is 7.06. The van der Waals surface area contributed by atoms with Crippen LogP contribution in [0.4, 0.5) is 0 Å². The zero-order valence-corrected chi connectivity index (χ0v) is 13.6. The van der Waals surface area contributed by atoms with E-state index < -0.39 is 0 Å². The van der Waals surface area contributed by atoms with Gasteiger partial charge in [0, 0.05) is 18.7 Å². The fourth-order valence-corrected chi connectivity index (χ4v) is 3.25. The second-order valence-corrected chi connectivity index (χ2v) is 6.30. The van der Waals surface area contributed by atoms with Crippen LogP contribution in [0.2, 0.25) is 0 Å². The highest BCUT2D eigenvalue weighted by atomic mass is 32.2. The molecule has 3 rings (SSSR count). The van der Waals surface area contributed by atoms with E-state index in [1.54, 1.807) is 28.9 Å². The molecule has 1 aromatic heterocycles. The first-order valence-corrected chi connectivity index (χ1v) is 8.44. The molecular formula is C15H17N5O2S. The van der Waals surface area contributed by atoms with E-state index in [9.17, 15) is 9.59 Å². The number of aromatic nitrogens is 4. The summed E-state index contributed by atoms with van der Waals surface area (Å²) in [6.07, 6.45) is 2.16. The van der Waals surface area contributed by atoms with Crippen LogP contribution in [0, 0.1) is 0 Å². The minimum absolute atomic E-state index is 0.0130. The summed E-state index contributed by atoms with van der Waals surface area (Å²) in [6.45, 7) is 3.21. The van der Waals surface area contributed by atoms with Crippen molar-refractivity contribution in [2.75, 3.05) is 18.8 Å². The van der Waals surface area contributed by atoms with Gasteiger partial charge in [-0.25, -0.2) is 0 Å². The van der Waals surface area contributed by atoms with Crippen molar-refractivity contribution >= 4 is 23.5 Å². The first-order chi connectivity index (χ1) is 11.1. The van der Waals surface area contributed by atoms with Crippen molar-refractivity contribution in [3.8, 4) is 5.69 Å². The van der Waals surface area contributed by atoms with E-state index in [0.29, 0.717) is 16.5 Å². The molecule has 0 aliphatic carbocycles. The highest BCUT2D eigenvalue weighted by molar-refractivity contribution is 7.99. The summed E-state index contributed by atoms with van der Waals surface area (Å²) in [5.74, 6) is 0.458. The molecule has 0 spiro atoms. The predicted octanol–water partition coefficient (Wildman–Crippen LogP) is 1.58. The second-order valence-electron chi connectivity index (χ2n) is 5.35. The quantitative estimate of drug-likeness (QED) is 0.611. The maximum absolute atomic E-state index is 12.1. The number of tetrazole rings is 1. The number of carbonyl (C=O) groups is 2. The lowest BCUT2D eigenvalue weighted by Crippen LogP contribution is -2.29. The van der Waals surface area contributed by atoms with Gasteiger partial charge in [-0.2, -0.15) is 4.68 Å². The Morgan fingerprint density at radius 3 is 2.52 bits per heavy atom. The third-order valence-electron chi connectivity index (χ3n) is 3.74. The number of ketones is 1. The first kappa shape index (κ1) is 15.7. The molecule has 0 radical (unpaired) electrons. The Bertz CT molecular complexity index is 707. The molecule has 0 N–H and O–H groups in total. The number of rotatable bonds is 5. The maximum Gasteiger partial charge on any atom is 0.233 e. The van der Waals surface area contributed by atoms with Crippen molar-refractivity contribution in [3.63, 3.8) is 0 Å². The molecule has 0 bridgehead atoms. The van der Waals surface area contributed by atoms with Crippen LogP contribution in [0.5, 0.6) is 0 Å². The lowest BCUT2D eigenvalue weighted by molar-refractivity contribution is -0.127. The molecule has 2 heterocycles. The molecule has 0 saturated carbocycles.